The van der Waals surface area contributed by atoms with Gasteiger partial charge in [-0.3, -0.25) is 9.59 Å². The standard InChI is InChI=1S/C9H10N2O2/c1-6(13)11-8-2-3-9(10)7(4-8)5-12/h2-5H,10H2,1H3,(H,11,13). The van der Waals surface area contributed by atoms with Gasteiger partial charge in [0.25, 0.3) is 0 Å². The molecule has 1 aromatic rings. The van der Waals surface area contributed by atoms with E-state index in [9.17, 15) is 9.59 Å². The number of hydrogen-bond acceptors (Lipinski definition) is 3. The molecule has 0 saturated carbocycles. The topological polar surface area (TPSA) is 72.2 Å². The van der Waals surface area contributed by atoms with Crippen LogP contribution in [0.5, 0.6) is 0 Å². The summed E-state index contributed by atoms with van der Waals surface area (Å²) in [5.41, 5.74) is 6.85. The van der Waals surface area contributed by atoms with Crippen LogP contribution in [-0.4, -0.2) is 12.2 Å². The number of carbonyl (C=O) groups is 2. The number of nitrogens with one attached hydrogen (secondary N) is 1. The number of hydrogen-bond donors (Lipinski definition) is 2. The number of anilines is 2. The van der Waals surface area contributed by atoms with Gasteiger partial charge in [-0.05, 0) is 18.2 Å². The summed E-state index contributed by atoms with van der Waals surface area (Å²) >= 11 is 0. The van der Waals surface area contributed by atoms with Gasteiger partial charge < -0.3 is 11.1 Å². The second-order valence-corrected chi connectivity index (χ2v) is 2.64. The van der Waals surface area contributed by atoms with Crippen LogP contribution in [0.15, 0.2) is 18.2 Å². The molecule has 4 nitrogen and oxygen atoms in total. The van der Waals surface area contributed by atoms with E-state index in [2.05, 4.69) is 5.32 Å². The molecular weight excluding hydrogens is 168 g/mol. The molecule has 1 aromatic carbocycles. The maximum atomic E-state index is 10.7. The smallest absolute Gasteiger partial charge is 0.221 e. The van der Waals surface area contributed by atoms with Gasteiger partial charge in [0.15, 0.2) is 6.29 Å². The number of amides is 1. The number of carbonyl (C=O) groups excluding carboxylic acids is 2. The maximum absolute atomic E-state index is 10.7. The third-order valence-electron chi connectivity index (χ3n) is 1.53. The molecule has 0 spiro atoms. The second-order valence-electron chi connectivity index (χ2n) is 2.64. The van der Waals surface area contributed by atoms with Crippen molar-refractivity contribution in [3.05, 3.63) is 23.8 Å². The maximum Gasteiger partial charge on any atom is 0.221 e. The Morgan fingerprint density at radius 3 is 2.77 bits per heavy atom. The zero-order valence-corrected chi connectivity index (χ0v) is 7.20. The highest BCUT2D eigenvalue weighted by Gasteiger charge is 2.00. The molecule has 0 aliphatic carbocycles. The summed E-state index contributed by atoms with van der Waals surface area (Å²) in [7, 11) is 0. The Morgan fingerprint density at radius 2 is 2.23 bits per heavy atom. The number of benzene rings is 1. The minimum atomic E-state index is -0.179. The Kier molecular flexibility index (Phi) is 2.64. The summed E-state index contributed by atoms with van der Waals surface area (Å²) in [6.45, 7) is 1.40. The van der Waals surface area contributed by atoms with Crippen LogP contribution in [0.1, 0.15) is 17.3 Å². The lowest BCUT2D eigenvalue weighted by Crippen LogP contribution is -2.06. The molecule has 0 aliphatic rings. The van der Waals surface area contributed by atoms with Gasteiger partial charge in [0.05, 0.1) is 0 Å². The van der Waals surface area contributed by atoms with E-state index in [0.29, 0.717) is 23.2 Å². The van der Waals surface area contributed by atoms with E-state index in [1.165, 1.54) is 13.0 Å². The Bertz CT molecular complexity index is 347. The fourth-order valence-electron chi connectivity index (χ4n) is 0.958. The largest absolute Gasteiger partial charge is 0.398 e. The molecule has 0 bridgehead atoms. The molecular formula is C9H10N2O2. The van der Waals surface area contributed by atoms with E-state index in [1.54, 1.807) is 12.1 Å². The molecule has 0 unspecified atom stereocenters. The van der Waals surface area contributed by atoms with Gasteiger partial charge in [-0.25, -0.2) is 0 Å². The van der Waals surface area contributed by atoms with E-state index in [1.807, 2.05) is 0 Å². The minimum absolute atomic E-state index is 0.179. The Morgan fingerprint density at radius 1 is 1.54 bits per heavy atom. The number of nitrogen functional groups attached to an aromatic ring is 1. The van der Waals surface area contributed by atoms with Gasteiger partial charge in [-0.2, -0.15) is 0 Å². The van der Waals surface area contributed by atoms with Crippen molar-refractivity contribution in [2.24, 2.45) is 0 Å². The molecule has 0 atom stereocenters. The van der Waals surface area contributed by atoms with Crippen LogP contribution >= 0.6 is 0 Å². The van der Waals surface area contributed by atoms with Crippen LogP contribution < -0.4 is 11.1 Å². The number of nitrogens with two attached hydrogens (primary N) is 1. The van der Waals surface area contributed by atoms with Crippen molar-refractivity contribution in [3.8, 4) is 0 Å². The van der Waals surface area contributed by atoms with Crippen molar-refractivity contribution < 1.29 is 9.59 Å². The molecule has 0 fully saturated rings. The summed E-state index contributed by atoms with van der Waals surface area (Å²) in [6, 6.07) is 4.75. The number of rotatable bonds is 2. The van der Waals surface area contributed by atoms with E-state index < -0.39 is 0 Å². The molecule has 0 aliphatic heterocycles. The van der Waals surface area contributed by atoms with Crippen LogP contribution in [0.4, 0.5) is 11.4 Å². The molecule has 4 heteroatoms. The van der Waals surface area contributed by atoms with Crippen molar-refractivity contribution in [3.63, 3.8) is 0 Å². The summed E-state index contributed by atoms with van der Waals surface area (Å²) in [6.07, 6.45) is 0.653. The van der Waals surface area contributed by atoms with E-state index in [4.69, 9.17) is 5.73 Å². The van der Waals surface area contributed by atoms with Crippen molar-refractivity contribution in [1.29, 1.82) is 0 Å². The Balaban J connectivity index is 2.99. The third-order valence-corrected chi connectivity index (χ3v) is 1.53. The Hall–Kier alpha value is -1.84. The fraction of sp³-hybridized carbons (Fsp3) is 0.111. The third kappa shape index (κ3) is 2.30. The van der Waals surface area contributed by atoms with Gasteiger partial charge in [-0.15, -0.1) is 0 Å². The first-order valence-corrected chi connectivity index (χ1v) is 3.76. The van der Waals surface area contributed by atoms with Crippen molar-refractivity contribution in [1.82, 2.24) is 0 Å². The first kappa shape index (κ1) is 9.25. The second kappa shape index (κ2) is 3.71. The molecule has 68 valence electrons. The van der Waals surface area contributed by atoms with Crippen LogP contribution in [0.3, 0.4) is 0 Å². The molecule has 1 amide bonds. The highest BCUT2D eigenvalue weighted by atomic mass is 16.1. The molecule has 3 N–H and O–H groups in total. The molecule has 0 aromatic heterocycles. The summed E-state index contributed by atoms with van der Waals surface area (Å²) in [5, 5.41) is 2.55. The average molecular weight is 178 g/mol. The van der Waals surface area contributed by atoms with Crippen LogP contribution in [-0.2, 0) is 4.79 Å². The Labute approximate surface area is 75.7 Å². The van der Waals surface area contributed by atoms with Gasteiger partial charge >= 0.3 is 0 Å². The molecule has 0 heterocycles. The fourth-order valence-corrected chi connectivity index (χ4v) is 0.958. The zero-order chi connectivity index (χ0) is 9.84. The van der Waals surface area contributed by atoms with Crippen LogP contribution in [0.2, 0.25) is 0 Å². The first-order valence-electron chi connectivity index (χ1n) is 3.76. The van der Waals surface area contributed by atoms with Crippen LogP contribution in [0.25, 0.3) is 0 Å². The molecule has 0 radical (unpaired) electrons. The average Bonchev–Trinajstić information content (AvgIpc) is 2.07. The molecule has 0 saturated heterocycles. The molecule has 13 heavy (non-hydrogen) atoms. The quantitative estimate of drug-likeness (QED) is 0.525. The van der Waals surface area contributed by atoms with E-state index in [-0.39, 0.29) is 5.91 Å². The van der Waals surface area contributed by atoms with Gasteiger partial charge in [0.1, 0.15) is 0 Å². The summed E-state index contributed by atoms with van der Waals surface area (Å²) in [4.78, 5) is 21.1. The van der Waals surface area contributed by atoms with Gasteiger partial charge in [-0.1, -0.05) is 0 Å². The van der Waals surface area contributed by atoms with Crippen molar-refractivity contribution >= 4 is 23.6 Å². The lowest BCUT2D eigenvalue weighted by Gasteiger charge is -2.03. The monoisotopic (exact) mass is 178 g/mol. The van der Waals surface area contributed by atoms with Crippen molar-refractivity contribution in [2.45, 2.75) is 6.92 Å². The van der Waals surface area contributed by atoms with Gasteiger partial charge in [0.2, 0.25) is 5.91 Å². The normalized spacial score (nSPS) is 9.31. The summed E-state index contributed by atoms with van der Waals surface area (Å²) < 4.78 is 0. The first-order chi connectivity index (χ1) is 6.13. The highest BCUT2D eigenvalue weighted by Crippen LogP contribution is 2.15. The van der Waals surface area contributed by atoms with E-state index in [0.717, 1.165) is 0 Å². The summed E-state index contributed by atoms with van der Waals surface area (Å²) in [5.74, 6) is -0.179. The zero-order valence-electron chi connectivity index (χ0n) is 7.20. The lowest BCUT2D eigenvalue weighted by molar-refractivity contribution is -0.114. The SMILES string of the molecule is CC(=O)Nc1ccc(N)c(C=O)c1. The van der Waals surface area contributed by atoms with Crippen LogP contribution in [0, 0.1) is 0 Å². The van der Waals surface area contributed by atoms with Gasteiger partial charge in [0, 0.05) is 23.9 Å². The number of aldehydes is 1. The minimum Gasteiger partial charge on any atom is -0.398 e. The predicted octanol–water partition coefficient (Wildman–Crippen LogP) is 1.04. The van der Waals surface area contributed by atoms with Crippen molar-refractivity contribution in [2.75, 3.05) is 11.1 Å². The lowest BCUT2D eigenvalue weighted by atomic mass is 10.2. The molecule has 1 rings (SSSR count). The predicted molar refractivity (Wildman–Crippen MR) is 50.5 cm³/mol. The highest BCUT2D eigenvalue weighted by molar-refractivity contribution is 5.91. The van der Waals surface area contributed by atoms with E-state index >= 15 is 0 Å².